The van der Waals surface area contributed by atoms with Crippen molar-refractivity contribution < 1.29 is 9.21 Å². The van der Waals surface area contributed by atoms with Crippen LogP contribution in [0.4, 0.5) is 5.69 Å². The molecule has 0 aliphatic rings. The Morgan fingerprint density at radius 1 is 1.26 bits per heavy atom. The van der Waals surface area contributed by atoms with E-state index in [0.29, 0.717) is 5.76 Å². The van der Waals surface area contributed by atoms with E-state index in [-0.39, 0.29) is 5.91 Å². The third kappa shape index (κ3) is 3.29. The maximum Gasteiger partial charge on any atom is 0.291 e. The average molecular weight is 311 g/mol. The molecule has 2 heterocycles. The smallest absolute Gasteiger partial charge is 0.291 e. The number of amides is 1. The molecule has 0 unspecified atom stereocenters. The van der Waals surface area contributed by atoms with Gasteiger partial charge in [-0.25, -0.2) is 0 Å². The van der Waals surface area contributed by atoms with Crippen LogP contribution < -0.4 is 5.32 Å². The number of hydrogen-bond donors (Lipinski definition) is 1. The molecule has 1 amide bonds. The monoisotopic (exact) mass is 311 g/mol. The summed E-state index contributed by atoms with van der Waals surface area (Å²) in [5.74, 6) is 0.131. The van der Waals surface area contributed by atoms with Crippen molar-refractivity contribution in [1.29, 1.82) is 0 Å². The number of furan rings is 1. The molecule has 5 nitrogen and oxygen atoms in total. The molecule has 0 aliphatic heterocycles. The van der Waals surface area contributed by atoms with E-state index in [4.69, 9.17) is 4.42 Å². The minimum absolute atomic E-state index is 0.224. The molecule has 23 heavy (non-hydrogen) atoms. The molecule has 3 rings (SSSR count). The first-order valence-corrected chi connectivity index (χ1v) is 7.63. The van der Waals surface area contributed by atoms with Crippen LogP contribution in [0.2, 0.25) is 0 Å². The standard InChI is InChI=1S/C18H21N3O2/c1-13-7-11-23-17(13)18(22)19-15-5-4-14-6-8-21(16(14)12-15)10-9-20(2)3/h4-8,11-12H,9-10H2,1-3H3,(H,19,22). The first kappa shape index (κ1) is 15.4. The minimum atomic E-state index is -0.224. The molecule has 0 bridgehead atoms. The Balaban J connectivity index is 1.83. The van der Waals surface area contributed by atoms with Crippen molar-refractivity contribution in [3.05, 3.63) is 54.1 Å². The van der Waals surface area contributed by atoms with E-state index in [1.807, 2.05) is 25.1 Å². The van der Waals surface area contributed by atoms with Crippen molar-refractivity contribution in [2.24, 2.45) is 0 Å². The number of rotatable bonds is 5. The first-order valence-electron chi connectivity index (χ1n) is 7.63. The van der Waals surface area contributed by atoms with Crippen LogP contribution in [0.1, 0.15) is 16.1 Å². The molecule has 0 spiro atoms. The Hall–Kier alpha value is -2.53. The Bertz CT molecular complexity index is 830. The van der Waals surface area contributed by atoms with Gasteiger partial charge in [0.25, 0.3) is 5.91 Å². The molecule has 1 N–H and O–H groups in total. The fourth-order valence-corrected chi connectivity index (χ4v) is 2.56. The molecule has 5 heteroatoms. The van der Waals surface area contributed by atoms with Crippen LogP contribution >= 0.6 is 0 Å². The zero-order valence-corrected chi connectivity index (χ0v) is 13.7. The van der Waals surface area contributed by atoms with E-state index in [9.17, 15) is 4.79 Å². The van der Waals surface area contributed by atoms with Crippen LogP contribution in [0, 0.1) is 6.92 Å². The lowest BCUT2D eigenvalue weighted by atomic mass is 10.2. The van der Waals surface area contributed by atoms with Crippen LogP contribution in [0.3, 0.4) is 0 Å². The average Bonchev–Trinajstić information content (AvgIpc) is 3.11. The Morgan fingerprint density at radius 3 is 2.78 bits per heavy atom. The molecule has 1 aromatic carbocycles. The zero-order chi connectivity index (χ0) is 16.4. The van der Waals surface area contributed by atoms with Gasteiger partial charge in [0.2, 0.25) is 0 Å². The number of hydrogen-bond acceptors (Lipinski definition) is 3. The van der Waals surface area contributed by atoms with Crippen molar-refractivity contribution >= 4 is 22.5 Å². The van der Waals surface area contributed by atoms with Crippen molar-refractivity contribution in [3.63, 3.8) is 0 Å². The highest BCUT2D eigenvalue weighted by Crippen LogP contribution is 2.21. The maximum absolute atomic E-state index is 12.3. The zero-order valence-electron chi connectivity index (χ0n) is 13.7. The number of benzene rings is 1. The quantitative estimate of drug-likeness (QED) is 0.786. The van der Waals surface area contributed by atoms with Gasteiger partial charge in [-0.15, -0.1) is 0 Å². The lowest BCUT2D eigenvalue weighted by molar-refractivity contribution is 0.0996. The molecule has 120 valence electrons. The predicted octanol–water partition coefficient (Wildman–Crippen LogP) is 3.36. The van der Waals surface area contributed by atoms with Gasteiger partial charge in [0.05, 0.1) is 11.8 Å². The Kier molecular flexibility index (Phi) is 4.21. The highest BCUT2D eigenvalue weighted by Gasteiger charge is 2.13. The topological polar surface area (TPSA) is 50.4 Å². The number of likely N-dealkylation sites (N-methyl/N-ethyl adjacent to an activating group) is 1. The second-order valence-corrected chi connectivity index (χ2v) is 5.97. The normalized spacial score (nSPS) is 11.3. The molecule has 0 saturated carbocycles. The number of nitrogens with zero attached hydrogens (tertiary/aromatic N) is 2. The van der Waals surface area contributed by atoms with E-state index in [1.165, 1.54) is 6.26 Å². The number of aryl methyl sites for hydroxylation is 1. The summed E-state index contributed by atoms with van der Waals surface area (Å²) in [7, 11) is 4.12. The van der Waals surface area contributed by atoms with Crippen molar-refractivity contribution in [2.45, 2.75) is 13.5 Å². The molecular formula is C18H21N3O2. The molecule has 0 radical (unpaired) electrons. The highest BCUT2D eigenvalue weighted by molar-refractivity contribution is 6.04. The number of carbonyl (C=O) groups is 1. The fourth-order valence-electron chi connectivity index (χ4n) is 2.56. The molecular weight excluding hydrogens is 290 g/mol. The fraction of sp³-hybridized carbons (Fsp3) is 0.278. The van der Waals surface area contributed by atoms with Gasteiger partial charge >= 0.3 is 0 Å². The van der Waals surface area contributed by atoms with Crippen molar-refractivity contribution in [1.82, 2.24) is 9.47 Å². The van der Waals surface area contributed by atoms with E-state index < -0.39 is 0 Å². The number of fused-ring (bicyclic) bond motifs is 1. The predicted molar refractivity (Wildman–Crippen MR) is 91.9 cm³/mol. The third-order valence-corrected chi connectivity index (χ3v) is 3.89. The van der Waals surface area contributed by atoms with Gasteiger partial charge in [0, 0.05) is 30.5 Å². The summed E-state index contributed by atoms with van der Waals surface area (Å²) in [5, 5.41) is 4.07. The largest absolute Gasteiger partial charge is 0.459 e. The Labute approximate surface area is 135 Å². The summed E-state index contributed by atoms with van der Waals surface area (Å²) in [6, 6.07) is 9.81. The van der Waals surface area contributed by atoms with Crippen LogP contribution in [-0.4, -0.2) is 36.0 Å². The van der Waals surface area contributed by atoms with Gasteiger partial charge < -0.3 is 19.2 Å². The molecule has 3 aromatic rings. The summed E-state index contributed by atoms with van der Waals surface area (Å²) in [4.78, 5) is 14.4. The maximum atomic E-state index is 12.3. The van der Waals surface area contributed by atoms with E-state index in [0.717, 1.165) is 35.2 Å². The van der Waals surface area contributed by atoms with Gasteiger partial charge in [0.1, 0.15) is 0 Å². The summed E-state index contributed by atoms with van der Waals surface area (Å²) in [6.45, 7) is 3.73. The first-order chi connectivity index (χ1) is 11.0. The summed E-state index contributed by atoms with van der Waals surface area (Å²) >= 11 is 0. The van der Waals surface area contributed by atoms with Gasteiger partial charge in [0.15, 0.2) is 5.76 Å². The van der Waals surface area contributed by atoms with Gasteiger partial charge in [-0.2, -0.15) is 0 Å². The molecule has 2 aromatic heterocycles. The Morgan fingerprint density at radius 2 is 2.09 bits per heavy atom. The number of anilines is 1. The van der Waals surface area contributed by atoms with E-state index in [2.05, 4.69) is 41.1 Å². The number of carbonyl (C=O) groups excluding carboxylic acids is 1. The van der Waals surface area contributed by atoms with E-state index in [1.54, 1.807) is 6.07 Å². The van der Waals surface area contributed by atoms with Crippen LogP contribution in [0.5, 0.6) is 0 Å². The van der Waals surface area contributed by atoms with Crippen LogP contribution in [0.15, 0.2) is 47.2 Å². The lowest BCUT2D eigenvalue weighted by Gasteiger charge is -2.12. The number of aromatic nitrogens is 1. The van der Waals surface area contributed by atoms with Gasteiger partial charge in [-0.05, 0) is 50.7 Å². The second-order valence-electron chi connectivity index (χ2n) is 5.97. The number of nitrogens with one attached hydrogen (secondary N) is 1. The van der Waals surface area contributed by atoms with Crippen molar-refractivity contribution in [2.75, 3.05) is 26.0 Å². The lowest BCUT2D eigenvalue weighted by Crippen LogP contribution is -2.18. The van der Waals surface area contributed by atoms with Gasteiger partial charge in [-0.1, -0.05) is 6.07 Å². The van der Waals surface area contributed by atoms with Crippen LogP contribution in [-0.2, 0) is 6.54 Å². The summed E-state index contributed by atoms with van der Waals surface area (Å²) in [6.07, 6.45) is 3.61. The third-order valence-electron chi connectivity index (χ3n) is 3.89. The van der Waals surface area contributed by atoms with Crippen molar-refractivity contribution in [3.8, 4) is 0 Å². The van der Waals surface area contributed by atoms with E-state index >= 15 is 0 Å². The van der Waals surface area contributed by atoms with Crippen LogP contribution in [0.25, 0.3) is 10.9 Å². The molecule has 0 saturated heterocycles. The highest BCUT2D eigenvalue weighted by atomic mass is 16.3. The minimum Gasteiger partial charge on any atom is -0.459 e. The SMILES string of the molecule is Cc1ccoc1C(=O)Nc1ccc2ccn(CCN(C)C)c2c1. The molecule has 0 aliphatic carbocycles. The summed E-state index contributed by atoms with van der Waals surface area (Å²) < 4.78 is 7.43. The second kappa shape index (κ2) is 6.30. The summed E-state index contributed by atoms with van der Waals surface area (Å²) in [5.41, 5.74) is 2.71. The molecule has 0 fully saturated rings. The van der Waals surface area contributed by atoms with Gasteiger partial charge in [-0.3, -0.25) is 4.79 Å². The molecule has 0 atom stereocenters.